The second-order valence-electron chi connectivity index (χ2n) is 3.95. The normalized spacial score (nSPS) is 13.1. The van der Waals surface area contributed by atoms with Crippen molar-refractivity contribution in [3.05, 3.63) is 42.2 Å². The topological polar surface area (TPSA) is 49.9 Å². The number of anilines is 1. The molecule has 0 spiro atoms. The minimum Gasteiger partial charge on any atom is -0.406 e. The third-order valence-electron chi connectivity index (χ3n) is 2.46. The number of hydrogen-bond donors (Lipinski definition) is 2. The maximum Gasteiger partial charge on any atom is 0.573 e. The van der Waals surface area contributed by atoms with E-state index in [9.17, 15) is 13.2 Å². The number of nitrogens with one attached hydrogen (secondary N) is 2. The Hall–Kier alpha value is -2.18. The van der Waals surface area contributed by atoms with Gasteiger partial charge in [0.1, 0.15) is 5.75 Å². The first-order chi connectivity index (χ1) is 8.94. The van der Waals surface area contributed by atoms with Gasteiger partial charge in [0.15, 0.2) is 0 Å². The monoisotopic (exact) mass is 271 g/mol. The lowest BCUT2D eigenvalue weighted by molar-refractivity contribution is -0.274. The predicted octanol–water partition coefficient (Wildman–Crippen LogP) is 3.48. The van der Waals surface area contributed by atoms with E-state index in [2.05, 4.69) is 20.3 Å². The second-order valence-corrected chi connectivity index (χ2v) is 3.95. The molecule has 1 atom stereocenters. The SMILES string of the molecule is CC(Nc1ccc(OC(F)(F)F)cc1)c1ccn[nH]1. The molecule has 1 aromatic carbocycles. The molecule has 1 heterocycles. The Morgan fingerprint density at radius 3 is 2.42 bits per heavy atom. The van der Waals surface area contributed by atoms with E-state index in [1.165, 1.54) is 24.3 Å². The fourth-order valence-electron chi connectivity index (χ4n) is 1.59. The van der Waals surface area contributed by atoms with E-state index in [1.54, 1.807) is 6.20 Å². The number of nitrogens with zero attached hydrogens (tertiary/aromatic N) is 1. The van der Waals surface area contributed by atoms with Gasteiger partial charge in [0.05, 0.1) is 11.7 Å². The van der Waals surface area contributed by atoms with Crippen LogP contribution in [0.4, 0.5) is 18.9 Å². The minimum atomic E-state index is -4.67. The van der Waals surface area contributed by atoms with E-state index in [4.69, 9.17) is 0 Å². The summed E-state index contributed by atoms with van der Waals surface area (Å²) in [6, 6.07) is 7.35. The van der Waals surface area contributed by atoms with E-state index in [1.807, 2.05) is 13.0 Å². The number of alkyl halides is 3. The van der Waals surface area contributed by atoms with Crippen molar-refractivity contribution in [3.63, 3.8) is 0 Å². The number of aromatic amines is 1. The molecule has 7 heteroatoms. The lowest BCUT2D eigenvalue weighted by Crippen LogP contribution is -2.17. The summed E-state index contributed by atoms with van der Waals surface area (Å²) in [5.74, 6) is -0.243. The molecule has 0 amide bonds. The van der Waals surface area contributed by atoms with Crippen molar-refractivity contribution in [3.8, 4) is 5.75 Å². The van der Waals surface area contributed by atoms with E-state index in [-0.39, 0.29) is 11.8 Å². The van der Waals surface area contributed by atoms with Crippen LogP contribution in [0.5, 0.6) is 5.75 Å². The standard InChI is InChI=1S/C12H12F3N3O/c1-8(11-6-7-16-18-11)17-9-2-4-10(5-3-9)19-12(13,14)15/h2-8,17H,1H3,(H,16,18). The molecule has 0 fully saturated rings. The molecule has 0 saturated carbocycles. The lowest BCUT2D eigenvalue weighted by Gasteiger charge is -2.14. The average Bonchev–Trinajstić information content (AvgIpc) is 2.83. The molecule has 0 saturated heterocycles. The fourth-order valence-corrected chi connectivity index (χ4v) is 1.59. The van der Waals surface area contributed by atoms with Gasteiger partial charge >= 0.3 is 6.36 Å². The molecule has 2 aromatic rings. The van der Waals surface area contributed by atoms with Crippen molar-refractivity contribution in [2.45, 2.75) is 19.3 Å². The maximum atomic E-state index is 12.0. The molecular formula is C12H12F3N3O. The summed E-state index contributed by atoms with van der Waals surface area (Å²) in [5, 5.41) is 9.77. The first kappa shape index (κ1) is 13.3. The largest absolute Gasteiger partial charge is 0.573 e. The Morgan fingerprint density at radius 1 is 1.21 bits per heavy atom. The summed E-state index contributed by atoms with van der Waals surface area (Å²) in [6.45, 7) is 1.91. The van der Waals surface area contributed by atoms with Gasteiger partial charge in [-0.05, 0) is 37.3 Å². The van der Waals surface area contributed by atoms with Crippen LogP contribution in [0, 0.1) is 0 Å². The van der Waals surface area contributed by atoms with Crippen LogP contribution in [0.3, 0.4) is 0 Å². The summed E-state index contributed by atoms with van der Waals surface area (Å²) in [4.78, 5) is 0. The first-order valence-electron chi connectivity index (χ1n) is 5.56. The molecule has 2 rings (SSSR count). The summed E-state index contributed by atoms with van der Waals surface area (Å²) >= 11 is 0. The van der Waals surface area contributed by atoms with Gasteiger partial charge < -0.3 is 10.1 Å². The van der Waals surface area contributed by atoms with E-state index < -0.39 is 6.36 Å². The van der Waals surface area contributed by atoms with E-state index in [0.29, 0.717) is 5.69 Å². The molecule has 1 unspecified atom stereocenters. The molecular weight excluding hydrogens is 259 g/mol. The van der Waals surface area contributed by atoms with Crippen molar-refractivity contribution in [1.82, 2.24) is 10.2 Å². The molecule has 0 bridgehead atoms. The van der Waals surface area contributed by atoms with Crippen LogP contribution in [-0.4, -0.2) is 16.6 Å². The van der Waals surface area contributed by atoms with Crippen LogP contribution in [0.25, 0.3) is 0 Å². The van der Waals surface area contributed by atoms with Crippen molar-refractivity contribution in [2.24, 2.45) is 0 Å². The fraction of sp³-hybridized carbons (Fsp3) is 0.250. The average molecular weight is 271 g/mol. The highest BCUT2D eigenvalue weighted by atomic mass is 19.4. The quantitative estimate of drug-likeness (QED) is 0.895. The van der Waals surface area contributed by atoms with Crippen LogP contribution in [0.1, 0.15) is 18.7 Å². The second kappa shape index (κ2) is 5.21. The Balaban J connectivity index is 1.99. The summed E-state index contributed by atoms with van der Waals surface area (Å²) in [7, 11) is 0. The van der Waals surface area contributed by atoms with Crippen LogP contribution < -0.4 is 10.1 Å². The number of H-pyrrole nitrogens is 1. The zero-order chi connectivity index (χ0) is 13.9. The van der Waals surface area contributed by atoms with Gasteiger partial charge in [0.25, 0.3) is 0 Å². The number of ether oxygens (including phenoxy) is 1. The van der Waals surface area contributed by atoms with E-state index in [0.717, 1.165) is 5.69 Å². The van der Waals surface area contributed by atoms with Gasteiger partial charge in [-0.3, -0.25) is 5.10 Å². The van der Waals surface area contributed by atoms with E-state index >= 15 is 0 Å². The van der Waals surface area contributed by atoms with Crippen molar-refractivity contribution in [1.29, 1.82) is 0 Å². The predicted molar refractivity (Wildman–Crippen MR) is 63.8 cm³/mol. The zero-order valence-electron chi connectivity index (χ0n) is 10.0. The smallest absolute Gasteiger partial charge is 0.406 e. The highest BCUT2D eigenvalue weighted by Gasteiger charge is 2.30. The Morgan fingerprint density at radius 2 is 1.89 bits per heavy atom. The van der Waals surface area contributed by atoms with Gasteiger partial charge in [0.2, 0.25) is 0 Å². The molecule has 0 aliphatic heterocycles. The molecule has 102 valence electrons. The third-order valence-corrected chi connectivity index (χ3v) is 2.46. The van der Waals surface area contributed by atoms with Gasteiger partial charge in [-0.2, -0.15) is 5.10 Å². The maximum absolute atomic E-state index is 12.0. The van der Waals surface area contributed by atoms with Crippen LogP contribution in [0.15, 0.2) is 36.5 Å². The molecule has 0 aliphatic rings. The molecule has 1 aromatic heterocycles. The van der Waals surface area contributed by atoms with Crippen molar-refractivity contribution >= 4 is 5.69 Å². The van der Waals surface area contributed by atoms with Crippen LogP contribution in [-0.2, 0) is 0 Å². The number of rotatable bonds is 4. The third kappa shape index (κ3) is 3.90. The number of aromatic nitrogens is 2. The minimum absolute atomic E-state index is 0.0307. The first-order valence-corrected chi connectivity index (χ1v) is 5.56. The van der Waals surface area contributed by atoms with Crippen molar-refractivity contribution < 1.29 is 17.9 Å². The van der Waals surface area contributed by atoms with Crippen LogP contribution >= 0.6 is 0 Å². The van der Waals surface area contributed by atoms with Gasteiger partial charge in [-0.25, -0.2) is 0 Å². The molecule has 0 aliphatic carbocycles. The van der Waals surface area contributed by atoms with Crippen LogP contribution in [0.2, 0.25) is 0 Å². The summed E-state index contributed by atoms with van der Waals surface area (Å²) in [5.41, 5.74) is 1.58. The number of halogens is 3. The molecule has 0 radical (unpaired) electrons. The highest BCUT2D eigenvalue weighted by molar-refractivity contribution is 5.47. The summed E-state index contributed by atoms with van der Waals surface area (Å²) < 4.78 is 39.8. The number of hydrogen-bond acceptors (Lipinski definition) is 3. The lowest BCUT2D eigenvalue weighted by atomic mass is 10.2. The highest BCUT2D eigenvalue weighted by Crippen LogP contribution is 2.25. The Labute approximate surface area is 107 Å². The van der Waals surface area contributed by atoms with Gasteiger partial charge in [0, 0.05) is 11.9 Å². The zero-order valence-corrected chi connectivity index (χ0v) is 10.0. The summed E-state index contributed by atoms with van der Waals surface area (Å²) in [6.07, 6.45) is -3.04. The molecule has 2 N–H and O–H groups in total. The Kier molecular flexibility index (Phi) is 3.64. The Bertz CT molecular complexity index is 508. The molecule has 19 heavy (non-hydrogen) atoms. The number of benzene rings is 1. The van der Waals surface area contributed by atoms with Gasteiger partial charge in [-0.1, -0.05) is 0 Å². The van der Waals surface area contributed by atoms with Crippen molar-refractivity contribution in [2.75, 3.05) is 5.32 Å². The van der Waals surface area contributed by atoms with Gasteiger partial charge in [-0.15, -0.1) is 13.2 Å². The molecule has 4 nitrogen and oxygen atoms in total.